The first-order valence-corrected chi connectivity index (χ1v) is 12.8. The molecule has 0 spiro atoms. The third-order valence-corrected chi connectivity index (χ3v) is 7.26. The molecule has 36 heavy (non-hydrogen) atoms. The topological polar surface area (TPSA) is 137 Å². The molecule has 2 aromatic carbocycles. The number of amides is 3. The SMILES string of the molecule is NC(=O)Nc1sc(-c2cccc(CCN[C@H](C(=O)OC3CCCC3)c3ccccc3)c2)cc1C(N)=O. The Hall–Kier alpha value is -3.69. The number of carbonyl (C=O) groups excluding carboxylic acids is 3. The lowest BCUT2D eigenvalue weighted by atomic mass is 10.0. The summed E-state index contributed by atoms with van der Waals surface area (Å²) in [7, 11) is 0. The maximum Gasteiger partial charge on any atom is 0.328 e. The Morgan fingerprint density at radius 2 is 1.75 bits per heavy atom. The van der Waals surface area contributed by atoms with E-state index in [0.717, 1.165) is 47.3 Å². The Bertz CT molecular complexity index is 1220. The number of hydrogen-bond donors (Lipinski definition) is 4. The second kappa shape index (κ2) is 11.8. The van der Waals surface area contributed by atoms with Crippen LogP contribution >= 0.6 is 11.3 Å². The summed E-state index contributed by atoms with van der Waals surface area (Å²) in [5.74, 6) is -0.882. The van der Waals surface area contributed by atoms with Crippen LogP contribution in [0, 0.1) is 0 Å². The van der Waals surface area contributed by atoms with Crippen molar-refractivity contribution in [1.29, 1.82) is 0 Å². The van der Waals surface area contributed by atoms with E-state index in [4.69, 9.17) is 16.2 Å². The molecule has 1 saturated carbocycles. The van der Waals surface area contributed by atoms with Gasteiger partial charge in [-0.2, -0.15) is 0 Å². The molecule has 9 heteroatoms. The van der Waals surface area contributed by atoms with Gasteiger partial charge in [0.2, 0.25) is 0 Å². The van der Waals surface area contributed by atoms with Gasteiger partial charge in [-0.3, -0.25) is 10.1 Å². The molecule has 3 aromatic rings. The summed E-state index contributed by atoms with van der Waals surface area (Å²) < 4.78 is 5.79. The van der Waals surface area contributed by atoms with Crippen molar-refractivity contribution in [2.24, 2.45) is 11.5 Å². The van der Waals surface area contributed by atoms with Gasteiger partial charge in [0, 0.05) is 11.4 Å². The molecule has 0 bridgehead atoms. The number of urea groups is 1. The Labute approximate surface area is 214 Å². The van der Waals surface area contributed by atoms with Gasteiger partial charge in [0.1, 0.15) is 17.1 Å². The van der Waals surface area contributed by atoms with Crippen molar-refractivity contribution < 1.29 is 19.1 Å². The number of thiophene rings is 1. The van der Waals surface area contributed by atoms with E-state index in [1.165, 1.54) is 11.3 Å². The number of carbonyl (C=O) groups is 3. The lowest BCUT2D eigenvalue weighted by Gasteiger charge is -2.21. The van der Waals surface area contributed by atoms with Crippen LogP contribution in [0.2, 0.25) is 0 Å². The van der Waals surface area contributed by atoms with Crippen LogP contribution in [-0.4, -0.2) is 30.6 Å². The molecular formula is C27H30N4O4S. The fraction of sp³-hybridized carbons (Fsp3) is 0.296. The van der Waals surface area contributed by atoms with Gasteiger partial charge in [-0.1, -0.05) is 54.6 Å². The summed E-state index contributed by atoms with van der Waals surface area (Å²) in [5.41, 5.74) is 13.7. The van der Waals surface area contributed by atoms with E-state index in [1.807, 2.05) is 54.6 Å². The van der Waals surface area contributed by atoms with Crippen molar-refractivity contribution in [3.05, 3.63) is 77.4 Å². The summed E-state index contributed by atoms with van der Waals surface area (Å²) in [6.45, 7) is 0.564. The monoisotopic (exact) mass is 506 g/mol. The largest absolute Gasteiger partial charge is 0.461 e. The lowest BCUT2D eigenvalue weighted by molar-refractivity contribution is -0.151. The zero-order chi connectivity index (χ0) is 25.5. The third kappa shape index (κ3) is 6.50. The van der Waals surface area contributed by atoms with Crippen molar-refractivity contribution in [3.8, 4) is 10.4 Å². The molecule has 0 aliphatic heterocycles. The molecule has 1 heterocycles. The minimum atomic E-state index is -0.759. The van der Waals surface area contributed by atoms with Crippen LogP contribution < -0.4 is 22.1 Å². The van der Waals surface area contributed by atoms with Crippen LogP contribution in [0.15, 0.2) is 60.7 Å². The van der Waals surface area contributed by atoms with Gasteiger partial charge < -0.3 is 21.5 Å². The van der Waals surface area contributed by atoms with Gasteiger partial charge in [-0.25, -0.2) is 9.59 Å². The maximum atomic E-state index is 13.0. The zero-order valence-corrected chi connectivity index (χ0v) is 20.7. The molecule has 1 fully saturated rings. The van der Waals surface area contributed by atoms with Gasteiger partial charge in [0.05, 0.1) is 5.56 Å². The van der Waals surface area contributed by atoms with Crippen LogP contribution in [-0.2, 0) is 16.0 Å². The van der Waals surface area contributed by atoms with Crippen molar-refractivity contribution in [2.75, 3.05) is 11.9 Å². The molecule has 6 N–H and O–H groups in total. The standard InChI is InChI=1S/C27H30N4O4S/c28-24(32)21-16-22(36-25(21)31-27(29)34)19-10-6-7-17(15-19)13-14-30-23(18-8-2-1-3-9-18)26(33)35-20-11-4-5-12-20/h1-3,6-10,15-16,20,23,30H,4-5,11-14H2,(H2,28,32)(H3,29,31,34)/t23-/m0/s1. The van der Waals surface area contributed by atoms with Crippen LogP contribution in [0.25, 0.3) is 10.4 Å². The molecule has 1 aliphatic rings. The van der Waals surface area contributed by atoms with E-state index < -0.39 is 18.0 Å². The fourth-order valence-electron chi connectivity index (χ4n) is 4.38. The normalized spacial score (nSPS) is 14.3. The Morgan fingerprint density at radius 3 is 2.44 bits per heavy atom. The van der Waals surface area contributed by atoms with Crippen LogP contribution in [0.1, 0.15) is 53.2 Å². The molecule has 0 saturated heterocycles. The zero-order valence-electron chi connectivity index (χ0n) is 19.9. The highest BCUT2D eigenvalue weighted by Gasteiger charge is 2.26. The maximum absolute atomic E-state index is 13.0. The average molecular weight is 507 g/mol. The predicted molar refractivity (Wildman–Crippen MR) is 141 cm³/mol. The van der Waals surface area contributed by atoms with E-state index >= 15 is 0 Å². The predicted octanol–water partition coefficient (Wildman–Crippen LogP) is 4.36. The number of ether oxygens (including phenoxy) is 1. The molecule has 1 aliphatic carbocycles. The van der Waals surface area contributed by atoms with E-state index in [9.17, 15) is 14.4 Å². The number of anilines is 1. The smallest absolute Gasteiger partial charge is 0.328 e. The lowest BCUT2D eigenvalue weighted by Crippen LogP contribution is -2.33. The first-order valence-electron chi connectivity index (χ1n) is 12.0. The number of hydrogen-bond acceptors (Lipinski definition) is 6. The Kier molecular flexibility index (Phi) is 8.35. The molecule has 0 unspecified atom stereocenters. The second-order valence-electron chi connectivity index (χ2n) is 8.80. The molecule has 1 atom stereocenters. The first kappa shape index (κ1) is 25.4. The van der Waals surface area contributed by atoms with Gasteiger partial charge >= 0.3 is 12.0 Å². The van der Waals surface area contributed by atoms with Gasteiger partial charge in [-0.15, -0.1) is 11.3 Å². The second-order valence-corrected chi connectivity index (χ2v) is 9.85. The van der Waals surface area contributed by atoms with Crippen LogP contribution in [0.3, 0.4) is 0 Å². The summed E-state index contributed by atoms with van der Waals surface area (Å²) in [4.78, 5) is 36.8. The third-order valence-electron chi connectivity index (χ3n) is 6.16. The number of nitrogens with two attached hydrogens (primary N) is 2. The van der Waals surface area contributed by atoms with Gasteiger partial charge in [0.25, 0.3) is 5.91 Å². The summed E-state index contributed by atoms with van der Waals surface area (Å²) >= 11 is 1.23. The number of benzene rings is 2. The highest BCUT2D eigenvalue weighted by molar-refractivity contribution is 7.20. The van der Waals surface area contributed by atoms with E-state index in [2.05, 4.69) is 10.6 Å². The summed E-state index contributed by atoms with van der Waals surface area (Å²) in [5, 5.41) is 6.16. The molecule has 8 nitrogen and oxygen atoms in total. The minimum absolute atomic E-state index is 0.00669. The molecule has 4 rings (SSSR count). The Morgan fingerprint density at radius 1 is 1.00 bits per heavy atom. The average Bonchev–Trinajstić information content (AvgIpc) is 3.52. The highest BCUT2D eigenvalue weighted by atomic mass is 32.1. The molecule has 188 valence electrons. The molecular weight excluding hydrogens is 476 g/mol. The van der Waals surface area contributed by atoms with Crippen LogP contribution in [0.4, 0.5) is 9.80 Å². The highest BCUT2D eigenvalue weighted by Crippen LogP contribution is 2.35. The number of esters is 1. The number of rotatable bonds is 10. The van der Waals surface area contributed by atoms with Gasteiger partial charge in [0.15, 0.2) is 0 Å². The number of nitrogens with one attached hydrogen (secondary N) is 2. The van der Waals surface area contributed by atoms with Gasteiger partial charge in [-0.05, 0) is 54.9 Å². The van der Waals surface area contributed by atoms with E-state index in [1.54, 1.807) is 6.07 Å². The molecule has 3 amide bonds. The summed E-state index contributed by atoms with van der Waals surface area (Å²) in [6.07, 6.45) is 4.74. The molecule has 0 radical (unpaired) electrons. The van der Waals surface area contributed by atoms with Crippen LogP contribution in [0.5, 0.6) is 0 Å². The number of primary amides is 2. The molecule has 1 aromatic heterocycles. The van der Waals surface area contributed by atoms with Crippen molar-refractivity contribution in [2.45, 2.75) is 44.2 Å². The summed E-state index contributed by atoms with van der Waals surface area (Å²) in [6, 6.07) is 17.8. The fourth-order valence-corrected chi connectivity index (χ4v) is 5.45. The van der Waals surface area contributed by atoms with Crippen molar-refractivity contribution in [1.82, 2.24) is 5.32 Å². The van der Waals surface area contributed by atoms with E-state index in [-0.39, 0.29) is 17.6 Å². The van der Waals surface area contributed by atoms with Crippen molar-refractivity contribution >= 4 is 34.2 Å². The Balaban J connectivity index is 1.45. The quantitative estimate of drug-likeness (QED) is 0.303. The van der Waals surface area contributed by atoms with E-state index in [0.29, 0.717) is 18.0 Å². The minimum Gasteiger partial charge on any atom is -0.461 e. The van der Waals surface area contributed by atoms with Crippen molar-refractivity contribution in [3.63, 3.8) is 0 Å². The first-order chi connectivity index (χ1) is 17.4.